The zero-order valence-electron chi connectivity index (χ0n) is 9.89. The topological polar surface area (TPSA) is 66.5 Å². The van der Waals surface area contributed by atoms with Crippen molar-refractivity contribution in [3.63, 3.8) is 0 Å². The fourth-order valence-electron chi connectivity index (χ4n) is 1.61. The third kappa shape index (κ3) is 3.57. The van der Waals surface area contributed by atoms with Crippen LogP contribution in [0.3, 0.4) is 0 Å². The number of halogens is 1. The lowest BCUT2D eigenvalue weighted by Gasteiger charge is -2.13. The van der Waals surface area contributed by atoms with E-state index >= 15 is 0 Å². The molecule has 0 unspecified atom stereocenters. The van der Waals surface area contributed by atoms with Crippen molar-refractivity contribution >= 4 is 44.7 Å². The molecule has 0 spiro atoms. The molecule has 1 aromatic rings. The molecule has 0 bridgehead atoms. The van der Waals surface area contributed by atoms with Gasteiger partial charge < -0.3 is 5.32 Å². The smallest absolute Gasteiger partial charge is 0.288 e. The van der Waals surface area contributed by atoms with Crippen molar-refractivity contribution in [3.8, 4) is 0 Å². The van der Waals surface area contributed by atoms with Gasteiger partial charge >= 0.3 is 0 Å². The van der Waals surface area contributed by atoms with Gasteiger partial charge in [0.25, 0.3) is 11.1 Å². The van der Waals surface area contributed by atoms with Gasteiger partial charge in [-0.05, 0) is 18.2 Å². The Bertz CT molecular complexity index is 519. The summed E-state index contributed by atoms with van der Waals surface area (Å²) < 4.78 is 0.821. The first-order chi connectivity index (χ1) is 9.08. The molecule has 0 aromatic heterocycles. The highest BCUT2D eigenvalue weighted by Crippen LogP contribution is 2.17. The van der Waals surface area contributed by atoms with Crippen LogP contribution >= 0.6 is 27.7 Å². The molecule has 1 aliphatic rings. The average molecular weight is 343 g/mol. The minimum absolute atomic E-state index is 0.193. The van der Waals surface area contributed by atoms with Crippen LogP contribution in [0.1, 0.15) is 10.4 Å². The Labute approximate surface area is 122 Å². The molecule has 100 valence electrons. The Morgan fingerprint density at radius 2 is 2.21 bits per heavy atom. The molecule has 1 N–H and O–H groups in total. The molecular formula is C12H11BrN2O3S. The van der Waals surface area contributed by atoms with E-state index in [-0.39, 0.29) is 35.9 Å². The van der Waals surface area contributed by atoms with Crippen LogP contribution in [0.2, 0.25) is 0 Å². The number of benzene rings is 1. The number of carbonyl (C=O) groups is 3. The molecule has 1 heterocycles. The van der Waals surface area contributed by atoms with E-state index in [2.05, 4.69) is 21.2 Å². The quantitative estimate of drug-likeness (QED) is 0.907. The largest absolute Gasteiger partial charge is 0.350 e. The van der Waals surface area contributed by atoms with Crippen LogP contribution in [-0.2, 0) is 4.79 Å². The average Bonchev–Trinajstić information content (AvgIpc) is 2.70. The molecule has 2 rings (SSSR count). The number of carbonyl (C=O) groups excluding carboxylic acids is 3. The zero-order chi connectivity index (χ0) is 13.8. The summed E-state index contributed by atoms with van der Waals surface area (Å²) in [7, 11) is 0. The summed E-state index contributed by atoms with van der Waals surface area (Å²) in [6, 6.07) is 7.00. The highest BCUT2D eigenvalue weighted by molar-refractivity contribution is 9.10. The third-order valence-corrected chi connectivity index (χ3v) is 3.90. The van der Waals surface area contributed by atoms with Gasteiger partial charge in [-0.15, -0.1) is 0 Å². The van der Waals surface area contributed by atoms with E-state index in [4.69, 9.17) is 0 Å². The van der Waals surface area contributed by atoms with Crippen molar-refractivity contribution in [2.45, 2.75) is 0 Å². The van der Waals surface area contributed by atoms with Gasteiger partial charge in [-0.1, -0.05) is 33.8 Å². The lowest BCUT2D eigenvalue weighted by Crippen LogP contribution is -2.37. The Balaban J connectivity index is 1.84. The number of amides is 3. The molecular weight excluding hydrogens is 332 g/mol. The number of imide groups is 1. The molecule has 1 fully saturated rings. The van der Waals surface area contributed by atoms with Crippen LogP contribution in [0.4, 0.5) is 4.79 Å². The Hall–Kier alpha value is -1.34. The van der Waals surface area contributed by atoms with Crippen molar-refractivity contribution in [1.82, 2.24) is 10.2 Å². The summed E-state index contributed by atoms with van der Waals surface area (Å²) >= 11 is 4.28. The number of nitrogens with zero attached hydrogens (tertiary/aromatic N) is 1. The molecule has 0 radical (unpaired) electrons. The summed E-state index contributed by atoms with van der Waals surface area (Å²) in [5.74, 6) is -0.238. The van der Waals surface area contributed by atoms with Crippen molar-refractivity contribution in [3.05, 3.63) is 34.3 Å². The highest BCUT2D eigenvalue weighted by atomic mass is 79.9. The Morgan fingerprint density at radius 3 is 2.84 bits per heavy atom. The van der Waals surface area contributed by atoms with E-state index in [1.54, 1.807) is 18.2 Å². The van der Waals surface area contributed by atoms with Gasteiger partial charge in [0, 0.05) is 23.1 Å². The number of rotatable bonds is 4. The van der Waals surface area contributed by atoms with Crippen LogP contribution < -0.4 is 5.32 Å². The maximum atomic E-state index is 11.8. The summed E-state index contributed by atoms with van der Waals surface area (Å²) in [4.78, 5) is 35.6. The summed E-state index contributed by atoms with van der Waals surface area (Å²) in [6.07, 6.45) is 0. The maximum Gasteiger partial charge on any atom is 0.288 e. The predicted octanol–water partition coefficient (Wildman–Crippen LogP) is 1.87. The molecule has 0 saturated carbocycles. The summed E-state index contributed by atoms with van der Waals surface area (Å²) in [6.45, 7) is 0.466. The standard InChI is InChI=1S/C12H11BrN2O3S/c13-9-3-1-2-8(6-9)11(17)14-4-5-15-10(16)7-19-12(15)18/h1-3,6H,4-5,7H2,(H,14,17). The second-order valence-corrected chi connectivity index (χ2v) is 5.71. The van der Waals surface area contributed by atoms with Gasteiger partial charge in [0.1, 0.15) is 0 Å². The Morgan fingerprint density at radius 1 is 1.42 bits per heavy atom. The van der Waals surface area contributed by atoms with Gasteiger partial charge in [0.2, 0.25) is 5.91 Å². The van der Waals surface area contributed by atoms with Crippen LogP contribution in [0.15, 0.2) is 28.7 Å². The minimum Gasteiger partial charge on any atom is -0.350 e. The van der Waals surface area contributed by atoms with Crippen LogP contribution in [0.25, 0.3) is 0 Å². The predicted molar refractivity (Wildman–Crippen MR) is 76.0 cm³/mol. The lowest BCUT2D eigenvalue weighted by atomic mass is 10.2. The normalized spacial score (nSPS) is 14.9. The van der Waals surface area contributed by atoms with Crippen LogP contribution in [0, 0.1) is 0 Å². The number of hydrogen-bond donors (Lipinski definition) is 1. The fraction of sp³-hybridized carbons (Fsp3) is 0.250. The first-order valence-corrected chi connectivity index (χ1v) is 7.36. The lowest BCUT2D eigenvalue weighted by molar-refractivity contribution is -0.124. The van der Waals surface area contributed by atoms with Gasteiger partial charge in [-0.25, -0.2) is 0 Å². The molecule has 1 saturated heterocycles. The molecule has 3 amide bonds. The molecule has 7 heteroatoms. The van der Waals surface area contributed by atoms with Crippen LogP contribution in [-0.4, -0.2) is 40.8 Å². The molecule has 5 nitrogen and oxygen atoms in total. The number of thioether (sulfide) groups is 1. The van der Waals surface area contributed by atoms with Crippen molar-refractivity contribution < 1.29 is 14.4 Å². The van der Waals surface area contributed by atoms with E-state index in [0.717, 1.165) is 21.1 Å². The minimum atomic E-state index is -0.248. The molecule has 0 aliphatic carbocycles. The van der Waals surface area contributed by atoms with Crippen molar-refractivity contribution in [1.29, 1.82) is 0 Å². The van der Waals surface area contributed by atoms with Gasteiger partial charge in [-0.3, -0.25) is 19.3 Å². The van der Waals surface area contributed by atoms with Crippen molar-refractivity contribution in [2.24, 2.45) is 0 Å². The first kappa shape index (κ1) is 14.1. The monoisotopic (exact) mass is 342 g/mol. The summed E-state index contributed by atoms with van der Waals surface area (Å²) in [5, 5.41) is 2.43. The number of nitrogens with one attached hydrogen (secondary N) is 1. The van der Waals surface area contributed by atoms with E-state index in [0.29, 0.717) is 5.56 Å². The molecule has 1 aromatic carbocycles. The summed E-state index contributed by atoms with van der Waals surface area (Å²) in [5.41, 5.74) is 0.530. The third-order valence-electron chi connectivity index (χ3n) is 2.55. The van der Waals surface area contributed by atoms with Gasteiger partial charge in [0.15, 0.2) is 0 Å². The van der Waals surface area contributed by atoms with Crippen LogP contribution in [0.5, 0.6) is 0 Å². The first-order valence-electron chi connectivity index (χ1n) is 5.59. The zero-order valence-corrected chi connectivity index (χ0v) is 12.3. The van der Waals surface area contributed by atoms with Gasteiger partial charge in [0.05, 0.1) is 5.75 Å². The molecule has 1 aliphatic heterocycles. The maximum absolute atomic E-state index is 11.8. The fourth-order valence-corrected chi connectivity index (χ4v) is 2.76. The second-order valence-electron chi connectivity index (χ2n) is 3.87. The second kappa shape index (κ2) is 6.21. The molecule has 0 atom stereocenters. The van der Waals surface area contributed by atoms with Gasteiger partial charge in [-0.2, -0.15) is 0 Å². The van der Waals surface area contributed by atoms with E-state index in [1.165, 1.54) is 0 Å². The van der Waals surface area contributed by atoms with E-state index in [1.807, 2.05) is 6.07 Å². The molecule has 19 heavy (non-hydrogen) atoms. The van der Waals surface area contributed by atoms with E-state index < -0.39 is 0 Å². The SMILES string of the molecule is O=C(NCCN1C(=O)CSC1=O)c1cccc(Br)c1. The Kier molecular flexibility index (Phi) is 4.60. The van der Waals surface area contributed by atoms with Crippen molar-refractivity contribution in [2.75, 3.05) is 18.8 Å². The van der Waals surface area contributed by atoms with E-state index in [9.17, 15) is 14.4 Å². The highest BCUT2D eigenvalue weighted by Gasteiger charge is 2.29. The number of hydrogen-bond acceptors (Lipinski definition) is 4.